The fraction of sp³-hybridized carbons (Fsp3) is 1.00. The molecule has 0 bridgehead atoms. The lowest BCUT2D eigenvalue weighted by molar-refractivity contribution is -0.929. The monoisotopic (exact) mass is 1080 g/mol. The van der Waals surface area contributed by atoms with Crippen LogP contribution in [0.2, 0.25) is 0 Å². The Kier molecular flexibility index (Phi) is 32.8. The van der Waals surface area contributed by atoms with E-state index in [2.05, 4.69) is 55.4 Å². The molecule has 0 aromatic rings. The maximum atomic E-state index is 13.0. The van der Waals surface area contributed by atoms with Gasteiger partial charge in [-0.25, -0.2) is 16.8 Å². The van der Waals surface area contributed by atoms with Crippen molar-refractivity contribution in [2.45, 2.75) is 205 Å². The molecule has 8 nitrogen and oxygen atoms in total. The van der Waals surface area contributed by atoms with Gasteiger partial charge in [0.05, 0.1) is 62.5 Å². The summed E-state index contributed by atoms with van der Waals surface area (Å²) in [6, 6.07) is 0. The number of hydrogen-bond acceptors (Lipinski definition) is 6. The number of rotatable bonds is 31. The highest BCUT2D eigenvalue weighted by Gasteiger charge is 2.95. The summed E-state index contributed by atoms with van der Waals surface area (Å²) in [7, 11) is -12.1. The molecule has 27 heteroatoms. The first-order chi connectivity index (χ1) is 30.5. The second kappa shape index (κ2) is 30.6. The van der Waals surface area contributed by atoms with E-state index in [0.29, 0.717) is 6.26 Å². The fourth-order valence-corrected chi connectivity index (χ4v) is 7.04. The first-order valence-electron chi connectivity index (χ1n) is 22.8. The molecule has 0 fully saturated rings. The highest BCUT2D eigenvalue weighted by atomic mass is 32.2. The van der Waals surface area contributed by atoms with Crippen molar-refractivity contribution >= 4 is 20.2 Å². The van der Waals surface area contributed by atoms with E-state index in [9.17, 15) is 87.6 Å². The van der Waals surface area contributed by atoms with Gasteiger partial charge in [0.25, 0.3) is 0 Å². The van der Waals surface area contributed by atoms with Crippen molar-refractivity contribution in [2.75, 3.05) is 58.6 Å². The van der Waals surface area contributed by atoms with E-state index < -0.39 is 67.2 Å². The van der Waals surface area contributed by atoms with Gasteiger partial charge < -0.3 is 18.1 Å². The molecule has 0 unspecified atom stereocenters. The first kappa shape index (κ1) is 73.1. The van der Waals surface area contributed by atoms with Crippen LogP contribution in [0.3, 0.4) is 0 Å². The van der Waals surface area contributed by atoms with E-state index in [1.165, 1.54) is 164 Å². The van der Waals surface area contributed by atoms with Crippen LogP contribution in [0.15, 0.2) is 0 Å². The van der Waals surface area contributed by atoms with Gasteiger partial charge in [0.15, 0.2) is 10.1 Å². The molecule has 0 aliphatic rings. The molecule has 0 saturated carbocycles. The topological polar surface area (TPSA) is 114 Å². The Morgan fingerprint density at radius 3 is 0.603 bits per heavy atom. The maximum absolute atomic E-state index is 13.0. The molecule has 68 heavy (non-hydrogen) atoms. The molecule has 0 spiro atoms. The fourth-order valence-electron chi connectivity index (χ4n) is 6.60. The molecular weight excluding hydrogens is 1000 g/mol. The number of hydrogen-bond donors (Lipinski definition) is 0. The third-order valence-corrected chi connectivity index (χ3v) is 11.8. The Labute approximate surface area is 392 Å². The predicted octanol–water partition coefficient (Wildman–Crippen LogP) is 13.7. The highest BCUT2D eigenvalue weighted by molar-refractivity contribution is 7.86. The van der Waals surface area contributed by atoms with Gasteiger partial charge >= 0.3 is 47.0 Å². The SMILES string of the molecule is CCCC[N+](CCCC)(CCCC)CCCC.CCCC[N+](CCCC)(CCCC)CCCC.CS(=O)(=O)[O-].O=S(=O)([O-])C(F)(F)C(F)(F)C(F)(F)C(F)(F)C(F)(F)C(F)(F)C(F)(F)C(F)(F)F. The van der Waals surface area contributed by atoms with Crippen molar-refractivity contribution in [1.82, 2.24) is 0 Å². The lowest BCUT2D eigenvalue weighted by atomic mass is 9.91. The van der Waals surface area contributed by atoms with E-state index in [0.717, 1.165) is 0 Å². The largest absolute Gasteiger partial charge is 0.748 e. The number of quaternary nitrogens is 2. The second-order valence-electron chi connectivity index (χ2n) is 16.9. The van der Waals surface area contributed by atoms with Crippen LogP contribution < -0.4 is 0 Å². The summed E-state index contributed by atoms with van der Waals surface area (Å²) in [6.07, 6.45) is 14.8. The molecule has 0 aliphatic carbocycles. The summed E-state index contributed by atoms with van der Waals surface area (Å²) >= 11 is 0. The Morgan fingerprint density at radius 2 is 0.471 bits per heavy atom. The molecule has 0 rings (SSSR count). The molecule has 0 heterocycles. The highest BCUT2D eigenvalue weighted by Crippen LogP contribution is 2.64. The van der Waals surface area contributed by atoms with Crippen LogP contribution >= 0.6 is 0 Å². The zero-order chi connectivity index (χ0) is 55.0. The van der Waals surface area contributed by atoms with Crippen LogP contribution in [0.25, 0.3) is 0 Å². The zero-order valence-electron chi connectivity index (χ0n) is 40.6. The van der Waals surface area contributed by atoms with Crippen molar-refractivity contribution < 1.29 is 110 Å². The van der Waals surface area contributed by atoms with Gasteiger partial charge in [-0.2, -0.15) is 74.6 Å². The Balaban J connectivity index is -0.000000451. The van der Waals surface area contributed by atoms with E-state index in [-0.39, 0.29) is 0 Å². The van der Waals surface area contributed by atoms with Gasteiger partial charge in [-0.05, 0) is 51.4 Å². The van der Waals surface area contributed by atoms with Gasteiger partial charge in [-0.3, -0.25) is 0 Å². The van der Waals surface area contributed by atoms with Gasteiger partial charge in [0.2, 0.25) is 0 Å². The average Bonchev–Trinajstić information content (AvgIpc) is 3.21. The molecule has 0 saturated heterocycles. The molecule has 0 N–H and O–H groups in total. The summed E-state index contributed by atoms with van der Waals surface area (Å²) in [5, 5.41) is -7.95. The van der Waals surface area contributed by atoms with Crippen molar-refractivity contribution in [3.63, 3.8) is 0 Å². The third-order valence-electron chi connectivity index (χ3n) is 10.9. The average molecular weight is 1080 g/mol. The standard InChI is InChI=1S/2C16H36N.C8HF17O3S.CH4O3S/c2*1-5-9-13-17(14-10-6-2,15-11-7-3)16-12-8-4;9-1(10,3(13,14)5(17,18)7(21,22)23)2(11,12)4(15,16)6(19,20)8(24,25)29(26,27)28;1-5(2,3)4/h2*5-16H2,1-4H3;(H,26,27,28);1H3,(H,2,3,4)/q2*+1;;/p-2. The van der Waals surface area contributed by atoms with Crippen LogP contribution in [0.5, 0.6) is 0 Å². The lowest BCUT2D eigenvalue weighted by Crippen LogP contribution is -2.75. The second-order valence-corrected chi connectivity index (χ2v) is 19.7. The molecule has 0 aromatic carbocycles. The molecule has 0 atom stereocenters. The third kappa shape index (κ3) is 21.3. The van der Waals surface area contributed by atoms with E-state index in [1.807, 2.05) is 0 Å². The summed E-state index contributed by atoms with van der Waals surface area (Å²) in [6.45, 7) is 30.0. The summed E-state index contributed by atoms with van der Waals surface area (Å²) in [5.74, 6) is -52.1. The number of nitrogens with zero attached hydrogens (tertiary/aromatic N) is 2. The molecule has 0 amide bonds. The quantitative estimate of drug-likeness (QED) is 0.0388. The van der Waals surface area contributed by atoms with Crippen molar-refractivity contribution in [3.8, 4) is 0 Å². The molecular formula is C41H75F17N2O6S2. The smallest absolute Gasteiger partial charge is 0.460 e. The Hall–Kier alpha value is -1.45. The molecule has 0 aromatic heterocycles. The number of unbranched alkanes of at least 4 members (excludes halogenated alkanes) is 8. The van der Waals surface area contributed by atoms with Crippen molar-refractivity contribution in [3.05, 3.63) is 0 Å². The van der Waals surface area contributed by atoms with Gasteiger partial charge in [0.1, 0.15) is 0 Å². The van der Waals surface area contributed by atoms with Crippen LogP contribution in [0.1, 0.15) is 158 Å². The van der Waals surface area contributed by atoms with E-state index >= 15 is 0 Å². The minimum absolute atomic E-state index is 0.604. The van der Waals surface area contributed by atoms with Crippen LogP contribution in [-0.4, -0.2) is 140 Å². The van der Waals surface area contributed by atoms with Crippen molar-refractivity contribution in [2.24, 2.45) is 0 Å². The van der Waals surface area contributed by atoms with Gasteiger partial charge in [0, 0.05) is 6.26 Å². The summed E-state index contributed by atoms with van der Waals surface area (Å²) in [4.78, 5) is 0. The molecule has 416 valence electrons. The molecule has 0 radical (unpaired) electrons. The van der Waals surface area contributed by atoms with E-state index in [4.69, 9.17) is 13.0 Å². The summed E-state index contributed by atoms with van der Waals surface area (Å²) in [5.41, 5.74) is 0. The normalized spacial score (nSPS) is 14.1. The van der Waals surface area contributed by atoms with E-state index in [1.54, 1.807) is 0 Å². The number of halogens is 17. The van der Waals surface area contributed by atoms with Gasteiger partial charge in [-0.1, -0.05) is 107 Å². The van der Waals surface area contributed by atoms with Crippen LogP contribution in [0.4, 0.5) is 74.6 Å². The van der Waals surface area contributed by atoms with Gasteiger partial charge in [-0.15, -0.1) is 0 Å². The molecule has 0 aliphatic heterocycles. The Bertz CT molecular complexity index is 1450. The summed E-state index contributed by atoms with van der Waals surface area (Å²) < 4.78 is 274. The zero-order valence-corrected chi connectivity index (χ0v) is 42.2. The first-order valence-corrected chi connectivity index (χ1v) is 26.0. The predicted molar refractivity (Wildman–Crippen MR) is 225 cm³/mol. The maximum Gasteiger partial charge on any atom is 0.460 e. The number of alkyl halides is 17. The van der Waals surface area contributed by atoms with Crippen molar-refractivity contribution in [1.29, 1.82) is 0 Å². The van der Waals surface area contributed by atoms with Crippen LogP contribution in [-0.2, 0) is 20.2 Å². The lowest BCUT2D eigenvalue weighted by Gasteiger charge is -2.42. The Morgan fingerprint density at radius 1 is 0.324 bits per heavy atom. The minimum atomic E-state index is -8.92. The minimum Gasteiger partial charge on any atom is -0.748 e. The van der Waals surface area contributed by atoms with Crippen LogP contribution in [0, 0.1) is 0 Å².